The Kier molecular flexibility index (Phi) is 3.14. The van der Waals surface area contributed by atoms with E-state index in [1.54, 1.807) is 17.0 Å². The summed E-state index contributed by atoms with van der Waals surface area (Å²) in [6.45, 7) is 0.578. The van der Waals surface area contributed by atoms with Gasteiger partial charge in [-0.15, -0.1) is 0 Å². The monoisotopic (exact) mass is 270 g/mol. The first-order valence-corrected chi connectivity index (χ1v) is 6.56. The molecule has 3 nitrogen and oxygen atoms in total. The third-order valence-electron chi connectivity index (χ3n) is 3.75. The van der Waals surface area contributed by atoms with E-state index in [1.807, 2.05) is 18.2 Å². The highest BCUT2D eigenvalue weighted by Gasteiger charge is 2.30. The Balaban J connectivity index is 2.11. The molecular weight excluding hydrogens is 255 g/mol. The van der Waals surface area contributed by atoms with E-state index >= 15 is 0 Å². The van der Waals surface area contributed by atoms with E-state index in [0.717, 1.165) is 17.5 Å². The molecule has 0 radical (unpaired) electrons. The summed E-state index contributed by atoms with van der Waals surface area (Å²) in [6.07, 6.45) is 0.789. The number of carbonyl (C=O) groups is 1. The number of hydrogen-bond acceptors (Lipinski definition) is 1. The molecule has 0 bridgehead atoms. The van der Waals surface area contributed by atoms with Crippen molar-refractivity contribution in [3.8, 4) is 0 Å². The molecule has 102 valence electrons. The van der Waals surface area contributed by atoms with Crippen LogP contribution in [0.25, 0.3) is 0 Å². The summed E-state index contributed by atoms with van der Waals surface area (Å²) in [5.41, 5.74) is 8.63. The van der Waals surface area contributed by atoms with E-state index in [1.165, 1.54) is 17.7 Å². The number of halogens is 1. The van der Waals surface area contributed by atoms with Crippen molar-refractivity contribution in [3.63, 3.8) is 0 Å². The average Bonchev–Trinajstić information content (AvgIpc) is 2.47. The Bertz CT molecular complexity index is 639. The number of amides is 2. The van der Waals surface area contributed by atoms with Crippen molar-refractivity contribution < 1.29 is 9.18 Å². The van der Waals surface area contributed by atoms with Crippen LogP contribution >= 0.6 is 0 Å². The molecule has 20 heavy (non-hydrogen) atoms. The van der Waals surface area contributed by atoms with E-state index in [0.29, 0.717) is 6.54 Å². The van der Waals surface area contributed by atoms with Crippen LogP contribution in [0.4, 0.5) is 9.18 Å². The lowest BCUT2D eigenvalue weighted by molar-refractivity contribution is 0.190. The molecular formula is C16H15FN2O. The van der Waals surface area contributed by atoms with Crippen molar-refractivity contribution in [1.82, 2.24) is 4.90 Å². The second-order valence-electron chi connectivity index (χ2n) is 4.93. The van der Waals surface area contributed by atoms with Gasteiger partial charge < -0.3 is 10.6 Å². The van der Waals surface area contributed by atoms with Gasteiger partial charge in [-0.2, -0.15) is 0 Å². The predicted octanol–water partition coefficient (Wildman–Crippen LogP) is 2.85. The lowest BCUT2D eigenvalue weighted by Crippen LogP contribution is -2.43. The molecule has 0 fully saturated rings. The number of urea groups is 1. The Morgan fingerprint density at radius 2 is 1.85 bits per heavy atom. The normalized spacial score (nSPS) is 17.6. The Morgan fingerprint density at radius 3 is 2.55 bits per heavy atom. The van der Waals surface area contributed by atoms with Crippen molar-refractivity contribution in [3.05, 3.63) is 71.0 Å². The lowest BCUT2D eigenvalue weighted by atomic mass is 9.88. The molecule has 0 aliphatic carbocycles. The maximum Gasteiger partial charge on any atom is 0.315 e. The molecule has 3 rings (SSSR count). The predicted molar refractivity (Wildman–Crippen MR) is 74.7 cm³/mol. The van der Waals surface area contributed by atoms with E-state index in [-0.39, 0.29) is 11.9 Å². The summed E-state index contributed by atoms with van der Waals surface area (Å²) in [5, 5.41) is 0. The zero-order valence-electron chi connectivity index (χ0n) is 10.9. The second-order valence-corrected chi connectivity index (χ2v) is 4.93. The molecule has 1 aliphatic rings. The van der Waals surface area contributed by atoms with Gasteiger partial charge in [0.15, 0.2) is 0 Å². The van der Waals surface area contributed by atoms with E-state index in [4.69, 9.17) is 5.73 Å². The van der Waals surface area contributed by atoms with Crippen molar-refractivity contribution in [2.45, 2.75) is 12.5 Å². The number of nitrogens with zero attached hydrogens (tertiary/aromatic N) is 1. The van der Waals surface area contributed by atoms with Crippen LogP contribution in [0.15, 0.2) is 48.5 Å². The van der Waals surface area contributed by atoms with Crippen molar-refractivity contribution in [2.24, 2.45) is 5.73 Å². The van der Waals surface area contributed by atoms with Gasteiger partial charge in [0.05, 0.1) is 6.04 Å². The molecule has 1 aliphatic heterocycles. The minimum Gasteiger partial charge on any atom is -0.351 e. The maximum absolute atomic E-state index is 13.1. The standard InChI is InChI=1S/C16H15FN2O/c17-13-7-5-12(6-8-13)15-14-4-2-1-3-11(14)9-10-19(15)16(18)20/h1-8,15H,9-10H2,(H2,18,20)/t15-/m0/s1. The first-order chi connectivity index (χ1) is 9.66. The summed E-state index contributed by atoms with van der Waals surface area (Å²) in [6, 6.07) is 13.5. The smallest absolute Gasteiger partial charge is 0.315 e. The highest BCUT2D eigenvalue weighted by atomic mass is 19.1. The van der Waals surface area contributed by atoms with Gasteiger partial charge in [-0.1, -0.05) is 36.4 Å². The molecule has 2 aromatic rings. The molecule has 2 aromatic carbocycles. The minimum atomic E-state index is -0.450. The van der Waals surface area contributed by atoms with Crippen LogP contribution in [0, 0.1) is 5.82 Å². The SMILES string of the molecule is NC(=O)N1CCc2ccccc2[C@@H]1c1ccc(F)cc1. The first-order valence-electron chi connectivity index (χ1n) is 6.56. The summed E-state index contributed by atoms with van der Waals surface area (Å²) in [5.74, 6) is -0.288. The second kappa shape index (κ2) is 4.96. The van der Waals surface area contributed by atoms with Crippen LogP contribution in [0.5, 0.6) is 0 Å². The summed E-state index contributed by atoms with van der Waals surface area (Å²) in [4.78, 5) is 13.3. The molecule has 0 saturated heterocycles. The quantitative estimate of drug-likeness (QED) is 0.851. The molecule has 0 aromatic heterocycles. The van der Waals surface area contributed by atoms with Crippen LogP contribution < -0.4 is 5.73 Å². The number of benzene rings is 2. The molecule has 0 unspecified atom stereocenters. The number of primary amides is 1. The highest BCUT2D eigenvalue weighted by Crippen LogP contribution is 2.34. The Labute approximate surface area is 116 Å². The number of hydrogen-bond donors (Lipinski definition) is 1. The van der Waals surface area contributed by atoms with Gasteiger partial charge in [0.25, 0.3) is 0 Å². The van der Waals surface area contributed by atoms with Crippen molar-refractivity contribution >= 4 is 6.03 Å². The number of fused-ring (bicyclic) bond motifs is 1. The lowest BCUT2D eigenvalue weighted by Gasteiger charge is -2.36. The van der Waals surface area contributed by atoms with Gasteiger partial charge in [-0.3, -0.25) is 0 Å². The average molecular weight is 270 g/mol. The molecule has 4 heteroatoms. The fourth-order valence-electron chi connectivity index (χ4n) is 2.81. The fraction of sp³-hybridized carbons (Fsp3) is 0.188. The van der Waals surface area contributed by atoms with Crippen LogP contribution in [-0.4, -0.2) is 17.5 Å². The van der Waals surface area contributed by atoms with Gasteiger partial charge in [0, 0.05) is 6.54 Å². The zero-order chi connectivity index (χ0) is 14.1. The van der Waals surface area contributed by atoms with E-state index in [2.05, 4.69) is 6.07 Å². The summed E-state index contributed by atoms with van der Waals surface area (Å²) in [7, 11) is 0. The topological polar surface area (TPSA) is 46.3 Å². The highest BCUT2D eigenvalue weighted by molar-refractivity contribution is 5.74. The largest absolute Gasteiger partial charge is 0.351 e. The number of carbonyl (C=O) groups excluding carboxylic acids is 1. The first kappa shape index (κ1) is 12.7. The van der Waals surface area contributed by atoms with Crippen LogP contribution in [0.2, 0.25) is 0 Å². The number of nitrogens with two attached hydrogens (primary N) is 1. The zero-order valence-corrected chi connectivity index (χ0v) is 10.9. The van der Waals surface area contributed by atoms with Gasteiger partial charge in [-0.25, -0.2) is 9.18 Å². The molecule has 1 atom stereocenters. The molecule has 0 saturated carbocycles. The fourth-order valence-corrected chi connectivity index (χ4v) is 2.81. The summed E-state index contributed by atoms with van der Waals surface area (Å²) >= 11 is 0. The number of rotatable bonds is 1. The van der Waals surface area contributed by atoms with Gasteiger partial charge in [0.1, 0.15) is 5.82 Å². The van der Waals surface area contributed by atoms with Gasteiger partial charge in [-0.05, 0) is 35.2 Å². The molecule has 2 amide bonds. The van der Waals surface area contributed by atoms with Crippen molar-refractivity contribution in [2.75, 3.05) is 6.54 Å². The molecule has 2 N–H and O–H groups in total. The third kappa shape index (κ3) is 2.13. The minimum absolute atomic E-state index is 0.238. The van der Waals surface area contributed by atoms with Gasteiger partial charge >= 0.3 is 6.03 Å². The van der Waals surface area contributed by atoms with Gasteiger partial charge in [0.2, 0.25) is 0 Å². The maximum atomic E-state index is 13.1. The van der Waals surface area contributed by atoms with E-state index in [9.17, 15) is 9.18 Å². The summed E-state index contributed by atoms with van der Waals surface area (Å²) < 4.78 is 13.1. The van der Waals surface area contributed by atoms with Crippen LogP contribution in [0.1, 0.15) is 22.7 Å². The van der Waals surface area contributed by atoms with Crippen molar-refractivity contribution in [1.29, 1.82) is 0 Å². The van der Waals surface area contributed by atoms with Crippen LogP contribution in [-0.2, 0) is 6.42 Å². The third-order valence-corrected chi connectivity index (χ3v) is 3.75. The van der Waals surface area contributed by atoms with E-state index < -0.39 is 6.03 Å². The molecule has 1 heterocycles. The molecule has 0 spiro atoms. The Hall–Kier alpha value is -2.36. The van der Waals surface area contributed by atoms with Crippen LogP contribution in [0.3, 0.4) is 0 Å². The Morgan fingerprint density at radius 1 is 1.15 bits per heavy atom.